The normalized spacial score (nSPS) is 27.3. The Labute approximate surface area is 81.2 Å². The van der Waals surface area contributed by atoms with Crippen molar-refractivity contribution in [2.24, 2.45) is 0 Å². The summed E-state index contributed by atoms with van der Waals surface area (Å²) >= 11 is 0. The third-order valence-corrected chi connectivity index (χ3v) is 5.04. The van der Waals surface area contributed by atoms with Crippen molar-refractivity contribution < 1.29 is 0 Å². The Morgan fingerprint density at radius 2 is 1.69 bits per heavy atom. The fourth-order valence-corrected chi connectivity index (χ4v) is 3.71. The van der Waals surface area contributed by atoms with Gasteiger partial charge in [0.1, 0.15) is 0 Å². The van der Waals surface area contributed by atoms with E-state index < -0.39 is 8.07 Å². The van der Waals surface area contributed by atoms with E-state index in [9.17, 15) is 0 Å². The van der Waals surface area contributed by atoms with Gasteiger partial charge in [-0.1, -0.05) is 50.0 Å². The SMILES string of the molecule is C[Si](C)(C)[C@H]1N[C@@H]1c1ccccc1. The van der Waals surface area contributed by atoms with Gasteiger partial charge in [-0.2, -0.15) is 0 Å². The van der Waals surface area contributed by atoms with Gasteiger partial charge in [-0.15, -0.1) is 0 Å². The van der Waals surface area contributed by atoms with Crippen molar-refractivity contribution in [3.8, 4) is 0 Å². The number of nitrogens with one attached hydrogen (secondary N) is 1. The second-order valence-electron chi connectivity index (χ2n) is 4.90. The summed E-state index contributed by atoms with van der Waals surface area (Å²) in [7, 11) is -0.980. The zero-order valence-electron chi connectivity index (χ0n) is 8.54. The Hall–Kier alpha value is -0.603. The standard InChI is InChI=1S/C11H17NSi/c1-13(2,3)11-10(12-11)9-7-5-4-6-8-9/h4-8,10-12H,1-3H3/t10-,11-/m1/s1. The molecule has 0 radical (unpaired) electrons. The molecule has 1 heterocycles. The average Bonchev–Trinajstić information content (AvgIpc) is 2.83. The molecule has 0 aromatic heterocycles. The lowest BCUT2D eigenvalue weighted by atomic mass is 10.2. The molecule has 70 valence electrons. The predicted octanol–water partition coefficient (Wildman–Crippen LogP) is 2.58. The minimum absolute atomic E-state index is 0.646. The van der Waals surface area contributed by atoms with Crippen LogP contribution in [0.25, 0.3) is 0 Å². The van der Waals surface area contributed by atoms with Gasteiger partial charge in [-0.3, -0.25) is 0 Å². The molecule has 1 nitrogen and oxygen atoms in total. The van der Waals surface area contributed by atoms with Crippen molar-refractivity contribution in [1.29, 1.82) is 0 Å². The zero-order chi connectivity index (χ0) is 9.47. The highest BCUT2D eigenvalue weighted by Gasteiger charge is 2.46. The van der Waals surface area contributed by atoms with E-state index in [0.29, 0.717) is 6.04 Å². The summed E-state index contributed by atoms with van der Waals surface area (Å²) in [6.45, 7) is 7.27. The van der Waals surface area contributed by atoms with E-state index in [4.69, 9.17) is 0 Å². The van der Waals surface area contributed by atoms with Crippen LogP contribution in [0.15, 0.2) is 30.3 Å². The summed E-state index contributed by atoms with van der Waals surface area (Å²) in [5, 5.41) is 3.59. The Morgan fingerprint density at radius 1 is 1.08 bits per heavy atom. The molecule has 1 fully saturated rings. The molecule has 0 amide bonds. The first kappa shape index (κ1) is 8.97. The molecule has 1 aromatic rings. The molecule has 1 aliphatic rings. The van der Waals surface area contributed by atoms with Gasteiger partial charge in [0.15, 0.2) is 0 Å². The van der Waals surface area contributed by atoms with E-state index in [0.717, 1.165) is 5.67 Å². The van der Waals surface area contributed by atoms with Crippen LogP contribution in [0.2, 0.25) is 19.6 Å². The van der Waals surface area contributed by atoms with Crippen LogP contribution in [0.1, 0.15) is 11.6 Å². The highest BCUT2D eigenvalue weighted by molar-refractivity contribution is 6.78. The molecule has 0 unspecified atom stereocenters. The highest BCUT2D eigenvalue weighted by Crippen LogP contribution is 2.35. The van der Waals surface area contributed by atoms with Gasteiger partial charge >= 0.3 is 0 Å². The summed E-state index contributed by atoms with van der Waals surface area (Å²) in [5.74, 6) is 0. The molecular formula is C11H17NSi. The molecule has 0 saturated carbocycles. The van der Waals surface area contributed by atoms with Crippen molar-refractivity contribution in [2.45, 2.75) is 31.3 Å². The van der Waals surface area contributed by atoms with Crippen molar-refractivity contribution in [3.63, 3.8) is 0 Å². The predicted molar refractivity (Wildman–Crippen MR) is 59.5 cm³/mol. The minimum Gasteiger partial charge on any atom is -0.307 e. The number of hydrogen-bond acceptors (Lipinski definition) is 1. The smallest absolute Gasteiger partial charge is 0.0659 e. The van der Waals surface area contributed by atoms with Gasteiger partial charge in [0.05, 0.1) is 8.07 Å². The van der Waals surface area contributed by atoms with Gasteiger partial charge in [0.2, 0.25) is 0 Å². The van der Waals surface area contributed by atoms with Gasteiger partial charge in [0, 0.05) is 11.7 Å². The quantitative estimate of drug-likeness (QED) is 0.563. The van der Waals surface area contributed by atoms with Crippen LogP contribution in [0.4, 0.5) is 0 Å². The number of benzene rings is 1. The second kappa shape index (κ2) is 2.96. The van der Waals surface area contributed by atoms with Gasteiger partial charge in [-0.05, 0) is 5.56 Å². The molecule has 1 saturated heterocycles. The fraction of sp³-hybridized carbons (Fsp3) is 0.455. The Bertz CT molecular complexity index is 289. The zero-order valence-corrected chi connectivity index (χ0v) is 9.54. The Balaban J connectivity index is 2.09. The van der Waals surface area contributed by atoms with Crippen molar-refractivity contribution in [1.82, 2.24) is 5.32 Å². The molecule has 2 rings (SSSR count). The summed E-state index contributed by atoms with van der Waals surface area (Å²) in [5.41, 5.74) is 2.24. The Kier molecular flexibility index (Phi) is 2.04. The van der Waals surface area contributed by atoms with Crippen LogP contribution in [0.5, 0.6) is 0 Å². The van der Waals surface area contributed by atoms with E-state index in [1.54, 1.807) is 0 Å². The number of rotatable bonds is 2. The van der Waals surface area contributed by atoms with Crippen LogP contribution in [-0.4, -0.2) is 13.7 Å². The van der Waals surface area contributed by atoms with E-state index in [1.165, 1.54) is 5.56 Å². The average molecular weight is 191 g/mol. The van der Waals surface area contributed by atoms with Crippen molar-refractivity contribution in [2.75, 3.05) is 0 Å². The molecule has 2 heteroatoms. The van der Waals surface area contributed by atoms with Gasteiger partial charge < -0.3 is 5.32 Å². The van der Waals surface area contributed by atoms with E-state index in [-0.39, 0.29) is 0 Å². The highest BCUT2D eigenvalue weighted by atomic mass is 28.3. The minimum atomic E-state index is -0.980. The van der Waals surface area contributed by atoms with Crippen molar-refractivity contribution in [3.05, 3.63) is 35.9 Å². The van der Waals surface area contributed by atoms with Gasteiger partial charge in [-0.25, -0.2) is 0 Å². The molecule has 0 spiro atoms. The number of hydrogen-bond donors (Lipinski definition) is 1. The van der Waals surface area contributed by atoms with E-state index >= 15 is 0 Å². The van der Waals surface area contributed by atoms with Crippen LogP contribution in [0, 0.1) is 0 Å². The summed E-state index contributed by atoms with van der Waals surface area (Å²) in [4.78, 5) is 0. The third kappa shape index (κ3) is 1.84. The first-order valence-electron chi connectivity index (χ1n) is 4.90. The maximum Gasteiger partial charge on any atom is 0.0659 e. The van der Waals surface area contributed by atoms with E-state index in [1.807, 2.05) is 0 Å². The van der Waals surface area contributed by atoms with Crippen LogP contribution >= 0.6 is 0 Å². The summed E-state index contributed by atoms with van der Waals surface area (Å²) in [6.07, 6.45) is 0. The molecular weight excluding hydrogens is 174 g/mol. The van der Waals surface area contributed by atoms with E-state index in [2.05, 4.69) is 55.3 Å². The molecule has 1 aromatic carbocycles. The molecule has 0 aliphatic carbocycles. The summed E-state index contributed by atoms with van der Waals surface area (Å²) in [6, 6.07) is 11.4. The first-order chi connectivity index (χ1) is 6.09. The van der Waals surface area contributed by atoms with Crippen molar-refractivity contribution >= 4 is 8.07 Å². The lowest BCUT2D eigenvalue weighted by Crippen LogP contribution is -2.30. The van der Waals surface area contributed by atoms with Crippen LogP contribution < -0.4 is 5.32 Å². The molecule has 0 bridgehead atoms. The lowest BCUT2D eigenvalue weighted by molar-refractivity contribution is 1.07. The van der Waals surface area contributed by atoms with Crippen LogP contribution in [0.3, 0.4) is 0 Å². The molecule has 2 atom stereocenters. The van der Waals surface area contributed by atoms with Gasteiger partial charge in [0.25, 0.3) is 0 Å². The molecule has 13 heavy (non-hydrogen) atoms. The van der Waals surface area contributed by atoms with Crippen LogP contribution in [-0.2, 0) is 0 Å². The largest absolute Gasteiger partial charge is 0.307 e. The molecule has 1 aliphatic heterocycles. The monoisotopic (exact) mass is 191 g/mol. The fourth-order valence-electron chi connectivity index (χ4n) is 1.84. The summed E-state index contributed by atoms with van der Waals surface area (Å²) < 4.78 is 0. The third-order valence-electron chi connectivity index (χ3n) is 2.68. The maximum atomic E-state index is 3.59. The lowest BCUT2D eigenvalue weighted by Gasteiger charge is -2.13. The first-order valence-corrected chi connectivity index (χ1v) is 8.48. The maximum absolute atomic E-state index is 3.59. The second-order valence-corrected chi connectivity index (χ2v) is 10.3. The Morgan fingerprint density at radius 3 is 2.15 bits per heavy atom. The topological polar surface area (TPSA) is 21.9 Å². The molecule has 1 N–H and O–H groups in total.